The van der Waals surface area contributed by atoms with E-state index in [1.165, 1.54) is 19.2 Å². The Labute approximate surface area is 189 Å². The summed E-state index contributed by atoms with van der Waals surface area (Å²) in [4.78, 5) is 13.0. The third-order valence-corrected chi connectivity index (χ3v) is 6.86. The van der Waals surface area contributed by atoms with Crippen LogP contribution in [0.2, 0.25) is 0 Å². The Balaban J connectivity index is 1.96. The first-order valence-electron chi connectivity index (χ1n) is 10.3. The van der Waals surface area contributed by atoms with Gasteiger partial charge in [0.25, 0.3) is 10.0 Å². The van der Waals surface area contributed by atoms with Crippen LogP contribution in [0.15, 0.2) is 77.7 Å². The third kappa shape index (κ3) is 5.29. The molecule has 168 valence electrons. The average molecular weight is 453 g/mol. The first-order valence-corrected chi connectivity index (χ1v) is 11.8. The van der Waals surface area contributed by atoms with Crippen LogP contribution < -0.4 is 14.4 Å². The van der Waals surface area contributed by atoms with E-state index in [0.717, 1.165) is 15.4 Å². The van der Waals surface area contributed by atoms with E-state index in [2.05, 4.69) is 19.2 Å². The number of amides is 1. The maximum absolute atomic E-state index is 13.5. The normalized spacial score (nSPS) is 11.3. The molecule has 1 amide bonds. The van der Waals surface area contributed by atoms with Gasteiger partial charge in [-0.1, -0.05) is 50.2 Å². The second-order valence-corrected chi connectivity index (χ2v) is 9.69. The number of methoxy groups -OCH3 is 1. The molecule has 0 fully saturated rings. The van der Waals surface area contributed by atoms with E-state index in [-0.39, 0.29) is 4.90 Å². The molecule has 0 aliphatic rings. The lowest BCUT2D eigenvalue weighted by atomic mass is 10.0. The Bertz CT molecular complexity index is 1170. The van der Waals surface area contributed by atoms with Gasteiger partial charge in [-0.3, -0.25) is 9.10 Å². The van der Waals surface area contributed by atoms with Crippen molar-refractivity contribution in [1.29, 1.82) is 0 Å². The van der Waals surface area contributed by atoms with Gasteiger partial charge in [-0.25, -0.2) is 8.42 Å². The van der Waals surface area contributed by atoms with E-state index in [1.54, 1.807) is 30.3 Å². The van der Waals surface area contributed by atoms with Crippen LogP contribution in [0.3, 0.4) is 0 Å². The van der Waals surface area contributed by atoms with Gasteiger partial charge in [0.2, 0.25) is 5.91 Å². The smallest absolute Gasteiger partial charge is 0.264 e. The van der Waals surface area contributed by atoms with Crippen LogP contribution in [0.25, 0.3) is 0 Å². The summed E-state index contributed by atoms with van der Waals surface area (Å²) in [6, 6.07) is 20.8. The van der Waals surface area contributed by atoms with E-state index < -0.39 is 22.5 Å². The van der Waals surface area contributed by atoms with Gasteiger partial charge in [0.1, 0.15) is 12.3 Å². The fourth-order valence-corrected chi connectivity index (χ4v) is 4.74. The van der Waals surface area contributed by atoms with Crippen molar-refractivity contribution in [1.82, 2.24) is 0 Å². The quantitative estimate of drug-likeness (QED) is 0.524. The number of rotatable bonds is 8. The Kier molecular flexibility index (Phi) is 7.20. The van der Waals surface area contributed by atoms with Crippen molar-refractivity contribution in [2.24, 2.45) is 0 Å². The van der Waals surface area contributed by atoms with Gasteiger partial charge in [0.15, 0.2) is 0 Å². The molecule has 32 heavy (non-hydrogen) atoms. The second kappa shape index (κ2) is 9.87. The molecular weight excluding hydrogens is 424 g/mol. The lowest BCUT2D eigenvalue weighted by Gasteiger charge is -2.26. The van der Waals surface area contributed by atoms with Gasteiger partial charge in [-0.2, -0.15) is 0 Å². The van der Waals surface area contributed by atoms with Crippen molar-refractivity contribution in [2.75, 3.05) is 23.3 Å². The zero-order valence-corrected chi connectivity index (χ0v) is 19.5. The molecule has 0 saturated heterocycles. The summed E-state index contributed by atoms with van der Waals surface area (Å²) in [5.74, 6) is 0.287. The van der Waals surface area contributed by atoms with Crippen molar-refractivity contribution < 1.29 is 17.9 Å². The standard InChI is InChI=1S/C25H28N2O4S/c1-18(2)20-11-13-21(14-12-20)26-25(28)17-27(23-16-19(3)10-15-24(23)31-4)32(29,30)22-8-6-5-7-9-22/h5-16,18H,17H2,1-4H3,(H,26,28). The first-order chi connectivity index (χ1) is 15.2. The summed E-state index contributed by atoms with van der Waals surface area (Å²) in [6.45, 7) is 5.64. The van der Waals surface area contributed by atoms with E-state index in [9.17, 15) is 13.2 Å². The van der Waals surface area contributed by atoms with Gasteiger partial charge in [-0.15, -0.1) is 0 Å². The summed E-state index contributed by atoms with van der Waals surface area (Å²) in [5.41, 5.74) is 2.91. The maximum atomic E-state index is 13.5. The molecule has 0 aliphatic carbocycles. The van der Waals surface area contributed by atoms with E-state index in [0.29, 0.717) is 23.0 Å². The number of aryl methyl sites for hydroxylation is 1. The molecule has 0 bridgehead atoms. The highest BCUT2D eigenvalue weighted by molar-refractivity contribution is 7.92. The Hall–Kier alpha value is -3.32. The van der Waals surface area contributed by atoms with Crippen LogP contribution in [0, 0.1) is 6.92 Å². The van der Waals surface area contributed by atoms with Gasteiger partial charge in [0, 0.05) is 5.69 Å². The lowest BCUT2D eigenvalue weighted by molar-refractivity contribution is -0.114. The predicted molar refractivity (Wildman–Crippen MR) is 128 cm³/mol. The zero-order chi connectivity index (χ0) is 23.3. The van der Waals surface area contributed by atoms with E-state index in [1.807, 2.05) is 37.3 Å². The highest BCUT2D eigenvalue weighted by atomic mass is 32.2. The number of anilines is 2. The van der Waals surface area contributed by atoms with Crippen molar-refractivity contribution in [3.8, 4) is 5.75 Å². The fourth-order valence-electron chi connectivity index (χ4n) is 3.30. The number of nitrogens with one attached hydrogen (secondary N) is 1. The fraction of sp³-hybridized carbons (Fsp3) is 0.240. The minimum Gasteiger partial charge on any atom is -0.495 e. The van der Waals surface area contributed by atoms with Crippen LogP contribution in [0.4, 0.5) is 11.4 Å². The molecule has 0 saturated carbocycles. The summed E-state index contributed by atoms with van der Waals surface area (Å²) in [6.07, 6.45) is 0. The highest BCUT2D eigenvalue weighted by Gasteiger charge is 2.29. The summed E-state index contributed by atoms with van der Waals surface area (Å²) in [5, 5.41) is 2.80. The van der Waals surface area contributed by atoms with Gasteiger partial charge >= 0.3 is 0 Å². The van der Waals surface area contributed by atoms with Crippen molar-refractivity contribution in [3.05, 3.63) is 83.9 Å². The molecule has 6 nitrogen and oxygen atoms in total. The predicted octanol–water partition coefficient (Wildman–Crippen LogP) is 4.96. The van der Waals surface area contributed by atoms with Crippen LogP contribution in [-0.4, -0.2) is 28.0 Å². The molecular formula is C25H28N2O4S. The maximum Gasteiger partial charge on any atom is 0.264 e. The molecule has 1 N–H and O–H groups in total. The summed E-state index contributed by atoms with van der Waals surface area (Å²) >= 11 is 0. The van der Waals surface area contributed by atoms with Crippen molar-refractivity contribution in [3.63, 3.8) is 0 Å². The van der Waals surface area contributed by atoms with Gasteiger partial charge in [0.05, 0.1) is 17.7 Å². The summed E-state index contributed by atoms with van der Waals surface area (Å²) < 4.78 is 33.5. The molecule has 0 radical (unpaired) electrons. The first kappa shape index (κ1) is 23.3. The number of carbonyl (C=O) groups is 1. The number of hydrogen-bond acceptors (Lipinski definition) is 4. The monoisotopic (exact) mass is 452 g/mol. The lowest BCUT2D eigenvalue weighted by Crippen LogP contribution is -2.38. The van der Waals surface area contributed by atoms with Crippen LogP contribution >= 0.6 is 0 Å². The van der Waals surface area contributed by atoms with Crippen LogP contribution in [-0.2, 0) is 14.8 Å². The molecule has 7 heteroatoms. The number of hydrogen-bond donors (Lipinski definition) is 1. The molecule has 0 spiro atoms. The molecule has 0 heterocycles. The molecule has 0 atom stereocenters. The average Bonchev–Trinajstić information content (AvgIpc) is 2.78. The number of carbonyl (C=O) groups excluding carboxylic acids is 1. The van der Waals surface area contributed by atoms with Crippen LogP contribution in [0.1, 0.15) is 30.9 Å². The van der Waals surface area contributed by atoms with Gasteiger partial charge in [-0.05, 0) is 60.4 Å². The molecule has 0 aliphatic heterocycles. The Morgan fingerprint density at radius 3 is 2.25 bits per heavy atom. The number of sulfonamides is 1. The van der Waals surface area contributed by atoms with Gasteiger partial charge < -0.3 is 10.1 Å². The minimum atomic E-state index is -4.02. The third-order valence-electron chi connectivity index (χ3n) is 5.08. The molecule has 0 unspecified atom stereocenters. The number of nitrogens with zero attached hydrogens (tertiary/aromatic N) is 1. The highest BCUT2D eigenvalue weighted by Crippen LogP contribution is 2.33. The van der Waals surface area contributed by atoms with E-state index >= 15 is 0 Å². The van der Waals surface area contributed by atoms with Crippen molar-refractivity contribution >= 4 is 27.3 Å². The minimum absolute atomic E-state index is 0.0950. The zero-order valence-electron chi connectivity index (χ0n) is 18.7. The SMILES string of the molecule is COc1ccc(C)cc1N(CC(=O)Nc1ccc(C(C)C)cc1)S(=O)(=O)c1ccccc1. The number of ether oxygens (including phenoxy) is 1. The summed E-state index contributed by atoms with van der Waals surface area (Å²) in [7, 11) is -2.55. The van der Waals surface area contributed by atoms with Crippen LogP contribution in [0.5, 0.6) is 5.75 Å². The second-order valence-electron chi connectivity index (χ2n) is 7.82. The largest absolute Gasteiger partial charge is 0.495 e. The Morgan fingerprint density at radius 1 is 1.00 bits per heavy atom. The van der Waals surface area contributed by atoms with Crippen molar-refractivity contribution in [2.45, 2.75) is 31.6 Å². The number of benzene rings is 3. The molecule has 3 rings (SSSR count). The Morgan fingerprint density at radius 2 is 1.66 bits per heavy atom. The van der Waals surface area contributed by atoms with E-state index in [4.69, 9.17) is 4.74 Å². The molecule has 3 aromatic rings. The molecule has 0 aromatic heterocycles. The topological polar surface area (TPSA) is 75.7 Å². The molecule has 3 aromatic carbocycles.